The van der Waals surface area contributed by atoms with Crippen molar-refractivity contribution in [3.05, 3.63) is 181 Å². The van der Waals surface area contributed by atoms with Gasteiger partial charge >= 0.3 is 0 Å². The summed E-state index contributed by atoms with van der Waals surface area (Å²) in [6.45, 7) is 2.17. The van der Waals surface area contributed by atoms with Crippen LogP contribution in [0, 0.1) is 6.92 Å². The average molecular weight is 597 g/mol. The van der Waals surface area contributed by atoms with E-state index in [4.69, 9.17) is 0 Å². The Balaban J connectivity index is 1.25. The Labute approximate surface area is 275 Å². The van der Waals surface area contributed by atoms with Gasteiger partial charge in [0.05, 0.1) is 0 Å². The van der Waals surface area contributed by atoms with Crippen molar-refractivity contribution >= 4 is 43.1 Å². The molecule has 47 heavy (non-hydrogen) atoms. The van der Waals surface area contributed by atoms with Crippen LogP contribution in [0.4, 0.5) is 0 Å². The molecule has 0 saturated carbocycles. The molecule has 0 amide bonds. The number of hydrogen-bond acceptors (Lipinski definition) is 0. The summed E-state index contributed by atoms with van der Waals surface area (Å²) in [6.07, 6.45) is 0. The second-order valence-corrected chi connectivity index (χ2v) is 12.6. The van der Waals surface area contributed by atoms with E-state index in [1.165, 1.54) is 93.2 Å². The van der Waals surface area contributed by atoms with Crippen molar-refractivity contribution in [1.82, 2.24) is 0 Å². The maximum absolute atomic E-state index is 2.41. The summed E-state index contributed by atoms with van der Waals surface area (Å²) < 4.78 is 0. The standard InChI is InChI=1S/C47H32/c1-31-11-8-17-38(27-31)46-41-18-4-6-20-43(41)47(44-21-7-5-19-42(44)46)39-26-24-33-14-10-22-40(45(33)30-39)37-16-9-15-35(29-37)36-25-23-32-12-2-3-13-34(32)28-36/h2-30H,1H3. The van der Waals surface area contributed by atoms with E-state index in [1.807, 2.05) is 0 Å². The Bertz CT molecular complexity index is 2580. The summed E-state index contributed by atoms with van der Waals surface area (Å²) in [5.74, 6) is 0. The first-order chi connectivity index (χ1) is 23.2. The molecule has 220 valence electrons. The maximum atomic E-state index is 2.41. The zero-order valence-electron chi connectivity index (χ0n) is 26.2. The minimum Gasteiger partial charge on any atom is -0.0616 e. The van der Waals surface area contributed by atoms with Crippen LogP contribution in [0.2, 0.25) is 0 Å². The van der Waals surface area contributed by atoms with Gasteiger partial charge in [0.15, 0.2) is 0 Å². The number of hydrogen-bond donors (Lipinski definition) is 0. The molecule has 0 aliphatic heterocycles. The highest BCUT2D eigenvalue weighted by Crippen LogP contribution is 2.45. The van der Waals surface area contributed by atoms with Crippen LogP contribution in [0.5, 0.6) is 0 Å². The molecule has 0 heterocycles. The molecule has 0 unspecified atom stereocenters. The fraction of sp³-hybridized carbons (Fsp3) is 0.0213. The monoisotopic (exact) mass is 596 g/mol. The summed E-state index contributed by atoms with van der Waals surface area (Å²) in [5, 5.41) is 10.1. The quantitative estimate of drug-likeness (QED) is 0.177. The first-order valence-corrected chi connectivity index (χ1v) is 16.3. The fourth-order valence-corrected chi connectivity index (χ4v) is 7.47. The van der Waals surface area contributed by atoms with Gasteiger partial charge in [0.2, 0.25) is 0 Å². The van der Waals surface area contributed by atoms with Crippen LogP contribution in [0.25, 0.3) is 87.6 Å². The minimum absolute atomic E-state index is 1.22. The van der Waals surface area contributed by atoms with Gasteiger partial charge in [-0.1, -0.05) is 163 Å². The van der Waals surface area contributed by atoms with Gasteiger partial charge in [-0.05, 0) is 113 Å². The maximum Gasteiger partial charge on any atom is -0.00261 e. The van der Waals surface area contributed by atoms with E-state index in [2.05, 4.69) is 183 Å². The highest BCUT2D eigenvalue weighted by Gasteiger charge is 2.17. The molecule has 0 bridgehead atoms. The van der Waals surface area contributed by atoms with Gasteiger partial charge in [0.25, 0.3) is 0 Å². The largest absolute Gasteiger partial charge is 0.0616 e. The molecular formula is C47H32. The van der Waals surface area contributed by atoms with Crippen LogP contribution in [0.3, 0.4) is 0 Å². The predicted octanol–water partition coefficient (Wildman–Crippen LogP) is 13.3. The summed E-state index contributed by atoms with van der Waals surface area (Å²) >= 11 is 0. The second-order valence-electron chi connectivity index (χ2n) is 12.6. The van der Waals surface area contributed by atoms with Gasteiger partial charge in [-0.25, -0.2) is 0 Å². The van der Waals surface area contributed by atoms with Crippen molar-refractivity contribution in [3.8, 4) is 44.5 Å². The fourth-order valence-electron chi connectivity index (χ4n) is 7.47. The van der Waals surface area contributed by atoms with E-state index < -0.39 is 0 Å². The van der Waals surface area contributed by atoms with Crippen LogP contribution >= 0.6 is 0 Å². The van der Waals surface area contributed by atoms with Crippen molar-refractivity contribution in [2.75, 3.05) is 0 Å². The van der Waals surface area contributed by atoms with E-state index in [-0.39, 0.29) is 0 Å². The smallest absolute Gasteiger partial charge is 0.00261 e. The molecule has 0 saturated heterocycles. The van der Waals surface area contributed by atoms with Crippen molar-refractivity contribution in [2.45, 2.75) is 6.92 Å². The third-order valence-corrected chi connectivity index (χ3v) is 9.67. The van der Waals surface area contributed by atoms with Crippen LogP contribution in [0.15, 0.2) is 176 Å². The lowest BCUT2D eigenvalue weighted by atomic mass is 9.85. The minimum atomic E-state index is 1.22. The Kier molecular flexibility index (Phi) is 6.47. The first kappa shape index (κ1) is 27.3. The number of benzene rings is 9. The van der Waals surface area contributed by atoms with Crippen LogP contribution in [-0.2, 0) is 0 Å². The van der Waals surface area contributed by atoms with Gasteiger partial charge in [0, 0.05) is 0 Å². The Morgan fingerprint density at radius 3 is 1.51 bits per heavy atom. The molecule has 0 aromatic heterocycles. The summed E-state index contributed by atoms with van der Waals surface area (Å²) in [5.41, 5.74) is 11.3. The van der Waals surface area contributed by atoms with Crippen LogP contribution in [-0.4, -0.2) is 0 Å². The lowest BCUT2D eigenvalue weighted by molar-refractivity contribution is 1.47. The Morgan fingerprint density at radius 1 is 0.277 bits per heavy atom. The summed E-state index contributed by atoms with van der Waals surface area (Å²) in [4.78, 5) is 0. The molecule has 0 radical (unpaired) electrons. The molecule has 0 aliphatic rings. The molecule has 9 aromatic carbocycles. The van der Waals surface area contributed by atoms with E-state index in [1.54, 1.807) is 0 Å². The molecule has 0 atom stereocenters. The molecule has 9 rings (SSSR count). The summed E-state index contributed by atoms with van der Waals surface area (Å²) in [6, 6.07) is 64.7. The predicted molar refractivity (Wildman–Crippen MR) is 203 cm³/mol. The number of aryl methyl sites for hydroxylation is 1. The second kappa shape index (κ2) is 11.1. The molecular weight excluding hydrogens is 565 g/mol. The molecule has 0 aliphatic carbocycles. The third kappa shape index (κ3) is 4.69. The lowest BCUT2D eigenvalue weighted by Crippen LogP contribution is -1.91. The molecule has 0 spiro atoms. The average Bonchev–Trinajstić information content (AvgIpc) is 3.13. The van der Waals surface area contributed by atoms with Gasteiger partial charge in [-0.15, -0.1) is 0 Å². The zero-order valence-corrected chi connectivity index (χ0v) is 26.2. The van der Waals surface area contributed by atoms with Crippen molar-refractivity contribution < 1.29 is 0 Å². The first-order valence-electron chi connectivity index (χ1n) is 16.3. The van der Waals surface area contributed by atoms with E-state index in [9.17, 15) is 0 Å². The van der Waals surface area contributed by atoms with Crippen LogP contribution < -0.4 is 0 Å². The van der Waals surface area contributed by atoms with E-state index >= 15 is 0 Å². The van der Waals surface area contributed by atoms with Crippen LogP contribution in [0.1, 0.15) is 5.56 Å². The van der Waals surface area contributed by atoms with Gasteiger partial charge in [0.1, 0.15) is 0 Å². The van der Waals surface area contributed by atoms with Gasteiger partial charge in [-0.2, -0.15) is 0 Å². The van der Waals surface area contributed by atoms with Crippen molar-refractivity contribution in [2.24, 2.45) is 0 Å². The number of fused-ring (bicyclic) bond motifs is 4. The topological polar surface area (TPSA) is 0 Å². The molecule has 9 aromatic rings. The van der Waals surface area contributed by atoms with Crippen molar-refractivity contribution in [1.29, 1.82) is 0 Å². The zero-order chi connectivity index (χ0) is 31.3. The van der Waals surface area contributed by atoms with Crippen molar-refractivity contribution in [3.63, 3.8) is 0 Å². The van der Waals surface area contributed by atoms with E-state index in [0.717, 1.165) is 0 Å². The van der Waals surface area contributed by atoms with E-state index in [0.29, 0.717) is 0 Å². The van der Waals surface area contributed by atoms with Gasteiger partial charge < -0.3 is 0 Å². The highest BCUT2D eigenvalue weighted by molar-refractivity contribution is 6.22. The highest BCUT2D eigenvalue weighted by atomic mass is 14.2. The molecule has 0 heteroatoms. The normalized spacial score (nSPS) is 11.5. The molecule has 0 N–H and O–H groups in total. The number of rotatable bonds is 4. The molecule has 0 nitrogen and oxygen atoms in total. The SMILES string of the molecule is Cc1cccc(-c2c3ccccc3c(-c3ccc4cccc(-c5cccc(-c6ccc7ccccc7c6)c5)c4c3)c3ccccc23)c1. The Morgan fingerprint density at radius 2 is 0.787 bits per heavy atom. The third-order valence-electron chi connectivity index (χ3n) is 9.67. The molecule has 0 fully saturated rings. The summed E-state index contributed by atoms with van der Waals surface area (Å²) in [7, 11) is 0. The Hall–Kier alpha value is -5.98. The lowest BCUT2D eigenvalue weighted by Gasteiger charge is -2.18. The van der Waals surface area contributed by atoms with Gasteiger partial charge in [-0.3, -0.25) is 0 Å².